The molecule has 1 unspecified atom stereocenters. The van der Waals surface area contributed by atoms with Crippen molar-refractivity contribution < 1.29 is 14.3 Å². The lowest BCUT2D eigenvalue weighted by molar-refractivity contribution is -0.138. The quantitative estimate of drug-likeness (QED) is 0.332. The second-order valence-electron chi connectivity index (χ2n) is 4.34. The molecule has 118 valence electrons. The van der Waals surface area contributed by atoms with E-state index in [1.807, 2.05) is 6.07 Å². The van der Waals surface area contributed by atoms with Gasteiger partial charge in [-0.3, -0.25) is 0 Å². The lowest BCUT2D eigenvalue weighted by Gasteiger charge is -2.18. The minimum atomic E-state index is -0.439. The molecule has 0 N–H and O–H groups in total. The number of hydrogen-bond acceptors (Lipinski definition) is 3. The smallest absolute Gasteiger partial charge is 0.330 e. The summed E-state index contributed by atoms with van der Waals surface area (Å²) in [5.74, 6) is 0.748. The molecule has 0 radical (unpaired) electrons. The predicted octanol–water partition coefficient (Wildman–Crippen LogP) is 5.47. The summed E-state index contributed by atoms with van der Waals surface area (Å²) in [6.07, 6.45) is 2.16. The van der Waals surface area contributed by atoms with E-state index < -0.39 is 5.97 Å². The molecule has 0 aliphatic rings. The van der Waals surface area contributed by atoms with Crippen LogP contribution in [0.25, 0.3) is 0 Å². The van der Waals surface area contributed by atoms with Crippen LogP contribution in [-0.4, -0.2) is 19.2 Å². The summed E-state index contributed by atoms with van der Waals surface area (Å²) in [5.41, 5.74) is 1.13. The lowest BCUT2D eigenvalue weighted by Crippen LogP contribution is -2.11. The van der Waals surface area contributed by atoms with E-state index in [9.17, 15) is 4.79 Å². The molecule has 0 saturated carbocycles. The summed E-state index contributed by atoms with van der Waals surface area (Å²) in [5, 5.41) is 0. The Balaban J connectivity index is 0.00000400. The van der Waals surface area contributed by atoms with Crippen LogP contribution in [0.3, 0.4) is 0 Å². The Bertz CT molecular complexity index is 487. The summed E-state index contributed by atoms with van der Waals surface area (Å²) >= 11 is 7.00. The van der Waals surface area contributed by atoms with E-state index in [2.05, 4.69) is 58.4 Å². The first-order chi connectivity index (χ1) is 9.49. The number of ether oxygens (including phenoxy) is 2. The van der Waals surface area contributed by atoms with E-state index in [0.29, 0.717) is 12.5 Å². The number of rotatable bonds is 7. The fourth-order valence-corrected chi connectivity index (χ4v) is 3.04. The Morgan fingerprint density at radius 1 is 1.38 bits per heavy atom. The topological polar surface area (TPSA) is 35.5 Å². The van der Waals surface area contributed by atoms with Gasteiger partial charge in [0.15, 0.2) is 0 Å². The van der Waals surface area contributed by atoms with E-state index in [4.69, 9.17) is 9.47 Å². The average molecular weight is 422 g/mol. The molecular weight excluding hydrogens is 400 g/mol. The van der Waals surface area contributed by atoms with Crippen molar-refractivity contribution in [3.63, 3.8) is 0 Å². The second-order valence-corrected chi connectivity index (χ2v) is 6.11. The van der Waals surface area contributed by atoms with Crippen LogP contribution >= 0.6 is 31.9 Å². The molecule has 21 heavy (non-hydrogen) atoms. The summed E-state index contributed by atoms with van der Waals surface area (Å²) in [6, 6.07) is 4.00. The van der Waals surface area contributed by atoms with Gasteiger partial charge in [0.25, 0.3) is 0 Å². The highest BCUT2D eigenvalue weighted by Gasteiger charge is 2.15. The van der Waals surface area contributed by atoms with E-state index in [-0.39, 0.29) is 14.0 Å². The van der Waals surface area contributed by atoms with Gasteiger partial charge in [-0.25, -0.2) is 4.79 Å². The van der Waals surface area contributed by atoms with Gasteiger partial charge in [-0.15, -0.1) is 0 Å². The second kappa shape index (κ2) is 10.0. The summed E-state index contributed by atoms with van der Waals surface area (Å²) in [7, 11) is 0. The first kappa shape index (κ1) is 20.2. The minimum Gasteiger partial charge on any atom is -0.489 e. The summed E-state index contributed by atoms with van der Waals surface area (Å²) in [6.45, 7) is 8.14. The molecule has 0 spiro atoms. The number of halogens is 2. The summed E-state index contributed by atoms with van der Waals surface area (Å²) < 4.78 is 12.5. The maximum absolute atomic E-state index is 10.9. The van der Waals surface area contributed by atoms with Crippen molar-refractivity contribution in [2.45, 2.75) is 33.6 Å². The van der Waals surface area contributed by atoms with Gasteiger partial charge in [0.05, 0.1) is 4.47 Å². The van der Waals surface area contributed by atoms with Gasteiger partial charge >= 0.3 is 5.97 Å². The molecule has 1 aromatic carbocycles. The van der Waals surface area contributed by atoms with E-state index >= 15 is 0 Å². The maximum atomic E-state index is 10.9. The van der Waals surface area contributed by atoms with Crippen LogP contribution in [0.5, 0.6) is 5.75 Å². The van der Waals surface area contributed by atoms with Gasteiger partial charge in [-0.1, -0.05) is 43.8 Å². The van der Waals surface area contributed by atoms with Gasteiger partial charge in [0, 0.05) is 10.5 Å². The van der Waals surface area contributed by atoms with E-state index in [1.165, 1.54) is 0 Å². The molecule has 5 heteroatoms. The van der Waals surface area contributed by atoms with Crippen LogP contribution < -0.4 is 4.74 Å². The highest BCUT2D eigenvalue weighted by Crippen LogP contribution is 2.38. The molecule has 0 amide bonds. The Morgan fingerprint density at radius 2 is 2.05 bits per heavy atom. The maximum Gasteiger partial charge on any atom is 0.330 e. The Morgan fingerprint density at radius 3 is 2.62 bits per heavy atom. The largest absolute Gasteiger partial charge is 0.489 e. The van der Waals surface area contributed by atoms with Crippen molar-refractivity contribution in [2.75, 3.05) is 13.2 Å². The Labute approximate surface area is 144 Å². The molecule has 0 aliphatic carbocycles. The monoisotopic (exact) mass is 420 g/mol. The van der Waals surface area contributed by atoms with E-state index in [1.54, 1.807) is 0 Å². The number of hydrogen-bond donors (Lipinski definition) is 0. The first-order valence-electron chi connectivity index (χ1n) is 6.40. The van der Waals surface area contributed by atoms with Gasteiger partial charge < -0.3 is 9.47 Å². The molecule has 3 nitrogen and oxygen atoms in total. The third-order valence-corrected chi connectivity index (χ3v) is 3.97. The van der Waals surface area contributed by atoms with Crippen molar-refractivity contribution in [1.29, 1.82) is 0 Å². The van der Waals surface area contributed by atoms with Crippen LogP contribution in [0, 0.1) is 0 Å². The zero-order valence-corrected chi connectivity index (χ0v) is 14.8. The van der Waals surface area contributed by atoms with Crippen LogP contribution in [0.15, 0.2) is 33.7 Å². The highest BCUT2D eigenvalue weighted by molar-refractivity contribution is 9.11. The van der Waals surface area contributed by atoms with Crippen LogP contribution in [0.2, 0.25) is 0 Å². The fourth-order valence-electron chi connectivity index (χ4n) is 1.66. The van der Waals surface area contributed by atoms with Crippen LogP contribution in [0.4, 0.5) is 0 Å². The first-order valence-corrected chi connectivity index (χ1v) is 7.99. The predicted molar refractivity (Wildman–Crippen MR) is 93.9 cm³/mol. The van der Waals surface area contributed by atoms with Gasteiger partial charge in [0.1, 0.15) is 19.0 Å². The van der Waals surface area contributed by atoms with Gasteiger partial charge in [-0.05, 0) is 46.0 Å². The normalized spacial score (nSPS) is 11.2. The van der Waals surface area contributed by atoms with Gasteiger partial charge in [0.2, 0.25) is 0 Å². The molecule has 1 aromatic rings. The van der Waals surface area contributed by atoms with Crippen LogP contribution in [-0.2, 0) is 9.53 Å². The third-order valence-electron chi connectivity index (χ3n) is 2.92. The number of carbonyl (C=O) groups excluding carboxylic acids is 1. The van der Waals surface area contributed by atoms with Crippen LogP contribution in [0.1, 0.15) is 39.2 Å². The third kappa shape index (κ3) is 6.22. The molecule has 0 bridgehead atoms. The average Bonchev–Trinajstić information content (AvgIpc) is 2.43. The van der Waals surface area contributed by atoms with Gasteiger partial charge in [-0.2, -0.15) is 0 Å². The van der Waals surface area contributed by atoms with Crippen molar-refractivity contribution in [3.8, 4) is 5.75 Å². The molecular formula is C16H22Br2O3. The van der Waals surface area contributed by atoms with Crippen molar-refractivity contribution in [1.82, 2.24) is 0 Å². The highest BCUT2D eigenvalue weighted by atomic mass is 79.9. The molecule has 1 rings (SSSR count). The zero-order valence-electron chi connectivity index (χ0n) is 11.6. The minimum absolute atomic E-state index is 0. The Kier molecular flexibility index (Phi) is 9.62. The molecule has 0 aliphatic heterocycles. The molecule has 0 heterocycles. The summed E-state index contributed by atoms with van der Waals surface area (Å²) in [4.78, 5) is 10.9. The molecule has 0 fully saturated rings. The number of carbonyl (C=O) groups is 1. The fraction of sp³-hybridized carbons (Fsp3) is 0.438. The number of esters is 1. The van der Waals surface area contributed by atoms with E-state index in [0.717, 1.165) is 32.8 Å². The van der Waals surface area contributed by atoms with Crippen molar-refractivity contribution in [3.05, 3.63) is 39.3 Å². The number of benzene rings is 1. The molecule has 0 aromatic heterocycles. The van der Waals surface area contributed by atoms with Crippen molar-refractivity contribution in [2.24, 2.45) is 0 Å². The molecule has 0 saturated heterocycles. The zero-order chi connectivity index (χ0) is 15.1. The van der Waals surface area contributed by atoms with Crippen molar-refractivity contribution >= 4 is 37.8 Å². The lowest BCUT2D eigenvalue weighted by atomic mass is 9.98. The SMILES string of the molecule is C.C=CC(=O)OCCOc1c(Br)cc(Br)cc1C(C)CC. The Hall–Kier alpha value is -0.810. The standard InChI is InChI=1S/C15H18Br2O3.CH4/c1-4-10(3)12-8-11(16)9-13(17)15(12)20-7-6-19-14(18)5-2;/h5,8-10H,2,4,6-7H2,1,3H3;1H4. The molecule has 1 atom stereocenters.